The van der Waals surface area contributed by atoms with E-state index in [1.165, 1.54) is 0 Å². The molecule has 2 atom stereocenters. The van der Waals surface area contributed by atoms with E-state index in [0.717, 1.165) is 0 Å². The molecule has 0 radical (unpaired) electrons. The molecule has 8 N–H and O–H groups in total. The number of nitrogens with one attached hydrogen (secondary N) is 2. The summed E-state index contributed by atoms with van der Waals surface area (Å²) in [6.07, 6.45) is -0.336. The quantitative estimate of drug-likeness (QED) is 0.120. The highest BCUT2D eigenvalue weighted by Crippen LogP contribution is 2.48. The number of halogens is 2. The highest BCUT2D eigenvalue weighted by atomic mass is 35.5. The molecule has 0 amide bonds. The summed E-state index contributed by atoms with van der Waals surface area (Å²) in [5, 5.41) is 46.1. The van der Waals surface area contributed by atoms with Crippen LogP contribution in [0.4, 0.5) is 0 Å². The largest absolute Gasteiger partial charge is 0.480 e. The fourth-order valence-electron chi connectivity index (χ4n) is 6.72. The second kappa shape index (κ2) is 11.2. The number of hydrogen-bond acceptors (Lipinski definition) is 8. The standard InChI is InChI=1S/C34H26Cl2N6O4/c35-25-13-17(9-11-23(25)33(31(43)44)15-27(41-39)29(37)19-5-1-3-7-21(19)33)18-10-12-24(26(36)14-18)34(32(45)46)16-28(42-40)30(38)20-6-2-4-8-22(20)34/h1-14,37-38H,15-16,39-40H2,(H,43,44)(H,45,46). The number of aliphatic carboxylic acids is 2. The first-order chi connectivity index (χ1) is 22.0. The van der Waals surface area contributed by atoms with Gasteiger partial charge in [0.15, 0.2) is 0 Å². The number of hydrazone groups is 2. The molecule has 4 aromatic carbocycles. The zero-order chi connectivity index (χ0) is 33.0. The van der Waals surface area contributed by atoms with E-state index in [-0.39, 0.29) is 45.7 Å². The van der Waals surface area contributed by atoms with E-state index in [2.05, 4.69) is 10.2 Å². The van der Waals surface area contributed by atoms with Crippen molar-refractivity contribution in [2.75, 3.05) is 0 Å². The SMILES string of the molecule is N=C1C(=NN)CC(C(=O)O)(c2ccc(-c3ccc(C4(C(=O)O)CC(=NN)C(=N)c5ccccc54)c(Cl)c3)cc2Cl)c2ccccc21. The van der Waals surface area contributed by atoms with Crippen molar-refractivity contribution in [1.29, 1.82) is 10.8 Å². The molecule has 6 rings (SSSR count). The summed E-state index contributed by atoms with van der Waals surface area (Å²) in [7, 11) is 0. The Morgan fingerprint density at radius 3 is 1.33 bits per heavy atom. The van der Waals surface area contributed by atoms with Gasteiger partial charge in [-0.1, -0.05) is 96.0 Å². The van der Waals surface area contributed by atoms with E-state index >= 15 is 0 Å². The van der Waals surface area contributed by atoms with Crippen molar-refractivity contribution in [3.05, 3.63) is 128 Å². The predicted octanol–water partition coefficient (Wildman–Crippen LogP) is 5.57. The lowest BCUT2D eigenvalue weighted by Gasteiger charge is -2.37. The Labute approximate surface area is 273 Å². The van der Waals surface area contributed by atoms with Gasteiger partial charge in [-0.05, 0) is 45.5 Å². The Hall–Kier alpha value is -5.32. The molecule has 0 aliphatic heterocycles. The summed E-state index contributed by atoms with van der Waals surface area (Å²) in [6.45, 7) is 0. The van der Waals surface area contributed by atoms with Crippen LogP contribution in [0.15, 0.2) is 95.1 Å². The lowest BCUT2D eigenvalue weighted by Crippen LogP contribution is -2.46. The van der Waals surface area contributed by atoms with Crippen LogP contribution < -0.4 is 11.7 Å². The number of carboxylic acids is 2. The van der Waals surface area contributed by atoms with E-state index < -0.39 is 22.8 Å². The van der Waals surface area contributed by atoms with Crippen molar-refractivity contribution < 1.29 is 19.8 Å². The summed E-state index contributed by atoms with van der Waals surface area (Å²) in [4.78, 5) is 26.1. The maximum absolute atomic E-state index is 13.1. The number of nitrogens with zero attached hydrogens (tertiary/aromatic N) is 2. The first-order valence-corrected chi connectivity index (χ1v) is 14.7. The van der Waals surface area contributed by atoms with E-state index in [9.17, 15) is 19.8 Å². The summed E-state index contributed by atoms with van der Waals surface area (Å²) in [5.74, 6) is 8.85. The molecule has 2 aliphatic rings. The summed E-state index contributed by atoms with van der Waals surface area (Å²) < 4.78 is 0. The third-order valence-electron chi connectivity index (χ3n) is 8.99. The first-order valence-electron chi connectivity index (χ1n) is 14.0. The van der Waals surface area contributed by atoms with Crippen molar-refractivity contribution in [2.45, 2.75) is 23.7 Å². The molecule has 0 aromatic heterocycles. The molecule has 46 heavy (non-hydrogen) atoms. The van der Waals surface area contributed by atoms with Crippen molar-refractivity contribution in [3.63, 3.8) is 0 Å². The fraction of sp³-hybridized carbons (Fsp3) is 0.118. The van der Waals surface area contributed by atoms with E-state index in [0.29, 0.717) is 44.5 Å². The zero-order valence-corrected chi connectivity index (χ0v) is 25.5. The Kier molecular flexibility index (Phi) is 7.50. The van der Waals surface area contributed by atoms with Crippen molar-refractivity contribution in [1.82, 2.24) is 0 Å². The van der Waals surface area contributed by atoms with Gasteiger partial charge in [-0.25, -0.2) is 0 Å². The van der Waals surface area contributed by atoms with Gasteiger partial charge in [0.05, 0.1) is 22.8 Å². The van der Waals surface area contributed by atoms with Gasteiger partial charge in [-0.15, -0.1) is 0 Å². The lowest BCUT2D eigenvalue weighted by atomic mass is 9.64. The summed E-state index contributed by atoms with van der Waals surface area (Å²) in [6, 6.07) is 23.4. The molecule has 4 aromatic rings. The average Bonchev–Trinajstić information content (AvgIpc) is 3.05. The minimum absolute atomic E-state index is 0.0545. The Morgan fingerprint density at radius 2 is 1.00 bits per heavy atom. The maximum atomic E-state index is 13.1. The molecule has 2 aliphatic carbocycles. The topological polar surface area (TPSA) is 199 Å². The van der Waals surface area contributed by atoms with Crippen LogP contribution in [0.1, 0.15) is 46.2 Å². The molecule has 0 heterocycles. The number of nitrogens with two attached hydrogens (primary N) is 2. The Balaban J connectivity index is 1.47. The van der Waals surface area contributed by atoms with E-state index in [4.69, 9.17) is 45.7 Å². The second-order valence-electron chi connectivity index (χ2n) is 11.2. The number of carbonyl (C=O) groups is 2. The van der Waals surface area contributed by atoms with Crippen LogP contribution in [0.5, 0.6) is 0 Å². The van der Waals surface area contributed by atoms with Crippen LogP contribution in [0.3, 0.4) is 0 Å². The molecular weight excluding hydrogens is 627 g/mol. The fourth-order valence-corrected chi connectivity index (χ4v) is 7.41. The van der Waals surface area contributed by atoms with Gasteiger partial charge in [-0.2, -0.15) is 10.2 Å². The highest BCUT2D eigenvalue weighted by molar-refractivity contribution is 6.50. The van der Waals surface area contributed by atoms with Crippen LogP contribution in [-0.2, 0) is 20.4 Å². The summed E-state index contributed by atoms with van der Waals surface area (Å²) in [5.41, 5.74) is 0.485. The van der Waals surface area contributed by atoms with E-state index in [1.54, 1.807) is 84.9 Å². The molecule has 230 valence electrons. The van der Waals surface area contributed by atoms with Crippen molar-refractivity contribution in [3.8, 4) is 11.1 Å². The number of fused-ring (bicyclic) bond motifs is 2. The Morgan fingerprint density at radius 1 is 0.630 bits per heavy atom. The van der Waals surface area contributed by atoms with Crippen LogP contribution in [0.25, 0.3) is 11.1 Å². The minimum Gasteiger partial charge on any atom is -0.480 e. The van der Waals surface area contributed by atoms with Gasteiger partial charge in [0, 0.05) is 34.0 Å². The molecule has 12 heteroatoms. The van der Waals surface area contributed by atoms with Crippen molar-refractivity contribution >= 4 is 58.0 Å². The molecule has 10 nitrogen and oxygen atoms in total. The molecule has 0 fully saturated rings. The number of rotatable bonds is 5. The molecule has 0 bridgehead atoms. The van der Waals surface area contributed by atoms with E-state index in [1.807, 2.05) is 0 Å². The average molecular weight is 654 g/mol. The van der Waals surface area contributed by atoms with Gasteiger partial charge in [0.2, 0.25) is 0 Å². The molecule has 0 saturated heterocycles. The van der Waals surface area contributed by atoms with Crippen LogP contribution in [0.2, 0.25) is 10.0 Å². The molecular formula is C34H26Cl2N6O4. The van der Waals surface area contributed by atoms with Crippen molar-refractivity contribution in [2.24, 2.45) is 21.9 Å². The van der Waals surface area contributed by atoms with Gasteiger partial charge in [0.25, 0.3) is 0 Å². The number of carboxylic acid groups (broad SMARTS) is 2. The van der Waals surface area contributed by atoms with Crippen LogP contribution in [0, 0.1) is 10.8 Å². The molecule has 0 saturated carbocycles. The number of hydrogen-bond donors (Lipinski definition) is 6. The van der Waals surface area contributed by atoms with Gasteiger partial charge >= 0.3 is 11.9 Å². The minimum atomic E-state index is -1.66. The van der Waals surface area contributed by atoms with Gasteiger partial charge in [0.1, 0.15) is 10.8 Å². The highest BCUT2D eigenvalue weighted by Gasteiger charge is 2.51. The second-order valence-corrected chi connectivity index (χ2v) is 12.0. The lowest BCUT2D eigenvalue weighted by molar-refractivity contribution is -0.142. The number of benzene rings is 4. The first kappa shape index (κ1) is 30.7. The predicted molar refractivity (Wildman–Crippen MR) is 178 cm³/mol. The van der Waals surface area contributed by atoms with Crippen LogP contribution >= 0.6 is 23.2 Å². The van der Waals surface area contributed by atoms with Crippen LogP contribution in [-0.4, -0.2) is 45.0 Å². The third kappa shape index (κ3) is 4.33. The smallest absolute Gasteiger partial charge is 0.319 e. The van der Waals surface area contributed by atoms with Gasteiger partial charge in [-0.3, -0.25) is 20.4 Å². The monoisotopic (exact) mass is 652 g/mol. The zero-order valence-electron chi connectivity index (χ0n) is 24.0. The Bertz CT molecular complexity index is 1930. The summed E-state index contributed by atoms with van der Waals surface area (Å²) >= 11 is 13.7. The third-order valence-corrected chi connectivity index (χ3v) is 9.61. The molecule has 2 unspecified atom stereocenters. The van der Waals surface area contributed by atoms with Gasteiger partial charge < -0.3 is 21.9 Å². The molecule has 0 spiro atoms. The normalized spacial score (nSPS) is 22.4. The maximum Gasteiger partial charge on any atom is 0.319 e.